The molecule has 106 valence electrons. The zero-order valence-electron chi connectivity index (χ0n) is 9.77. The molecule has 3 N–H and O–H groups in total. The highest BCUT2D eigenvalue weighted by Gasteiger charge is 2.21. The van der Waals surface area contributed by atoms with E-state index in [1.54, 1.807) is 6.07 Å². The number of aromatic nitrogens is 1. The number of sulfonamides is 1. The summed E-state index contributed by atoms with van der Waals surface area (Å²) in [5.74, 6) is 0. The van der Waals surface area contributed by atoms with Crippen LogP contribution in [0.3, 0.4) is 0 Å². The van der Waals surface area contributed by atoms with Crippen molar-refractivity contribution in [2.75, 3.05) is 10.5 Å². The Bertz CT molecular complexity index is 766. The van der Waals surface area contributed by atoms with E-state index in [0.717, 1.165) is 0 Å². The van der Waals surface area contributed by atoms with Gasteiger partial charge in [0.1, 0.15) is 4.90 Å². The molecule has 0 radical (unpaired) electrons. The van der Waals surface area contributed by atoms with E-state index in [1.807, 2.05) is 0 Å². The summed E-state index contributed by atoms with van der Waals surface area (Å²) in [5.41, 5.74) is 5.74. The molecule has 0 aliphatic rings. The molecule has 5 nitrogen and oxygen atoms in total. The Kier molecular flexibility index (Phi) is 4.29. The van der Waals surface area contributed by atoms with Crippen LogP contribution >= 0.6 is 34.8 Å². The van der Waals surface area contributed by atoms with Crippen molar-refractivity contribution in [2.45, 2.75) is 4.90 Å². The molecule has 0 amide bonds. The van der Waals surface area contributed by atoms with Crippen molar-refractivity contribution in [3.8, 4) is 0 Å². The van der Waals surface area contributed by atoms with Crippen LogP contribution in [0.1, 0.15) is 0 Å². The smallest absolute Gasteiger partial charge is 0.263 e. The van der Waals surface area contributed by atoms with Crippen molar-refractivity contribution in [1.82, 2.24) is 4.98 Å². The molecule has 9 heteroatoms. The van der Waals surface area contributed by atoms with Gasteiger partial charge in [-0.15, -0.1) is 0 Å². The predicted octanol–water partition coefficient (Wildman–Crippen LogP) is 3.42. The molecular formula is C11H8Cl3N3O2S. The zero-order valence-corrected chi connectivity index (χ0v) is 12.9. The van der Waals surface area contributed by atoms with Gasteiger partial charge >= 0.3 is 0 Å². The van der Waals surface area contributed by atoms with E-state index in [4.69, 9.17) is 40.5 Å². The highest BCUT2D eigenvalue weighted by atomic mass is 35.5. The maximum atomic E-state index is 12.3. The first-order valence-electron chi connectivity index (χ1n) is 5.20. The molecule has 0 bridgehead atoms. The van der Waals surface area contributed by atoms with Gasteiger partial charge in [0.05, 0.1) is 21.4 Å². The van der Waals surface area contributed by atoms with Crippen LogP contribution in [0, 0.1) is 0 Å². The number of nitrogen functional groups attached to an aromatic ring is 1. The zero-order chi connectivity index (χ0) is 14.9. The Balaban J connectivity index is 2.47. The largest absolute Gasteiger partial charge is 0.396 e. The van der Waals surface area contributed by atoms with Crippen molar-refractivity contribution in [1.29, 1.82) is 0 Å². The van der Waals surface area contributed by atoms with Gasteiger partial charge in [-0.3, -0.25) is 4.72 Å². The number of rotatable bonds is 3. The van der Waals surface area contributed by atoms with Crippen molar-refractivity contribution in [3.05, 3.63) is 45.7 Å². The third kappa shape index (κ3) is 2.93. The van der Waals surface area contributed by atoms with Gasteiger partial charge in [0, 0.05) is 6.20 Å². The van der Waals surface area contributed by atoms with Crippen LogP contribution in [0.2, 0.25) is 15.2 Å². The molecule has 20 heavy (non-hydrogen) atoms. The average molecular weight is 353 g/mol. The first kappa shape index (κ1) is 15.2. The molecule has 0 aliphatic carbocycles. The molecule has 1 aromatic carbocycles. The van der Waals surface area contributed by atoms with Gasteiger partial charge in [0.2, 0.25) is 0 Å². The second kappa shape index (κ2) is 5.65. The molecule has 2 rings (SSSR count). The summed E-state index contributed by atoms with van der Waals surface area (Å²) in [7, 11) is -3.95. The van der Waals surface area contributed by atoms with Gasteiger partial charge in [-0.05, 0) is 24.3 Å². The first-order valence-corrected chi connectivity index (χ1v) is 7.81. The number of anilines is 2. The van der Waals surface area contributed by atoms with E-state index in [-0.39, 0.29) is 31.5 Å². The summed E-state index contributed by atoms with van der Waals surface area (Å²) >= 11 is 17.5. The lowest BCUT2D eigenvalue weighted by Gasteiger charge is -2.11. The second-order valence-corrected chi connectivity index (χ2v) is 6.51. The van der Waals surface area contributed by atoms with Gasteiger partial charge in [0.25, 0.3) is 10.0 Å². The molecule has 0 saturated carbocycles. The Hall–Kier alpha value is -1.21. The minimum Gasteiger partial charge on any atom is -0.396 e. The Morgan fingerprint density at radius 1 is 1.15 bits per heavy atom. The number of nitrogens with zero attached hydrogens (tertiary/aromatic N) is 1. The summed E-state index contributed by atoms with van der Waals surface area (Å²) in [4.78, 5) is 3.58. The van der Waals surface area contributed by atoms with E-state index in [0.29, 0.717) is 0 Å². The van der Waals surface area contributed by atoms with E-state index >= 15 is 0 Å². The molecule has 0 unspecified atom stereocenters. The Labute approximate surface area is 130 Å². The van der Waals surface area contributed by atoms with Crippen molar-refractivity contribution in [3.63, 3.8) is 0 Å². The fourth-order valence-electron chi connectivity index (χ4n) is 1.42. The fourth-order valence-corrected chi connectivity index (χ4v) is 3.47. The van der Waals surface area contributed by atoms with Crippen LogP contribution in [0.25, 0.3) is 0 Å². The number of hydrogen-bond donors (Lipinski definition) is 2. The maximum absolute atomic E-state index is 12.3. The van der Waals surface area contributed by atoms with Crippen LogP contribution in [-0.2, 0) is 10.0 Å². The number of nitrogens with one attached hydrogen (secondary N) is 1. The molecule has 0 aliphatic heterocycles. The summed E-state index contributed by atoms with van der Waals surface area (Å²) < 4.78 is 26.8. The molecule has 0 fully saturated rings. The Morgan fingerprint density at radius 2 is 1.85 bits per heavy atom. The summed E-state index contributed by atoms with van der Waals surface area (Å²) in [6.07, 6.45) is 1.44. The normalized spacial score (nSPS) is 11.3. The minimum atomic E-state index is -3.95. The first-order chi connectivity index (χ1) is 9.33. The summed E-state index contributed by atoms with van der Waals surface area (Å²) in [5, 5.41) is 0.0486. The molecule has 1 aromatic heterocycles. The highest BCUT2D eigenvalue weighted by molar-refractivity contribution is 7.92. The van der Waals surface area contributed by atoms with E-state index in [9.17, 15) is 8.42 Å². The van der Waals surface area contributed by atoms with Crippen LogP contribution in [-0.4, -0.2) is 13.4 Å². The SMILES string of the molecule is Nc1c(Cl)ccc(S(=O)(=O)Nc2cccnc2Cl)c1Cl. The third-order valence-electron chi connectivity index (χ3n) is 2.38. The monoisotopic (exact) mass is 351 g/mol. The summed E-state index contributed by atoms with van der Waals surface area (Å²) in [6.45, 7) is 0. The van der Waals surface area contributed by atoms with Crippen molar-refractivity contribution >= 4 is 56.2 Å². The molecule has 0 spiro atoms. The van der Waals surface area contributed by atoms with Crippen LogP contribution in [0.4, 0.5) is 11.4 Å². The highest BCUT2D eigenvalue weighted by Crippen LogP contribution is 2.34. The van der Waals surface area contributed by atoms with Crippen LogP contribution < -0.4 is 10.5 Å². The number of pyridine rings is 1. The minimum absolute atomic E-state index is 0.00603. The van der Waals surface area contributed by atoms with Gasteiger partial charge in [-0.2, -0.15) is 0 Å². The van der Waals surface area contributed by atoms with E-state index in [1.165, 1.54) is 24.4 Å². The van der Waals surface area contributed by atoms with Gasteiger partial charge in [-0.1, -0.05) is 34.8 Å². The molecule has 1 heterocycles. The molecule has 2 aromatic rings. The maximum Gasteiger partial charge on any atom is 0.263 e. The topological polar surface area (TPSA) is 85.1 Å². The molecule has 0 atom stereocenters. The fraction of sp³-hybridized carbons (Fsp3) is 0. The number of nitrogens with two attached hydrogens (primary N) is 1. The predicted molar refractivity (Wildman–Crippen MR) is 80.9 cm³/mol. The van der Waals surface area contributed by atoms with Gasteiger partial charge in [-0.25, -0.2) is 13.4 Å². The lowest BCUT2D eigenvalue weighted by atomic mass is 10.3. The second-order valence-electron chi connectivity index (χ2n) is 3.72. The van der Waals surface area contributed by atoms with Crippen molar-refractivity contribution in [2.24, 2.45) is 0 Å². The van der Waals surface area contributed by atoms with E-state index < -0.39 is 10.0 Å². The number of halogens is 3. The lowest BCUT2D eigenvalue weighted by molar-refractivity contribution is 0.601. The number of hydrogen-bond acceptors (Lipinski definition) is 4. The van der Waals surface area contributed by atoms with Crippen molar-refractivity contribution < 1.29 is 8.42 Å². The quantitative estimate of drug-likeness (QED) is 0.654. The van der Waals surface area contributed by atoms with Gasteiger partial charge < -0.3 is 5.73 Å². The Morgan fingerprint density at radius 3 is 2.50 bits per heavy atom. The van der Waals surface area contributed by atoms with Crippen LogP contribution in [0.5, 0.6) is 0 Å². The van der Waals surface area contributed by atoms with Gasteiger partial charge in [0.15, 0.2) is 5.15 Å². The number of benzene rings is 1. The average Bonchev–Trinajstić information content (AvgIpc) is 2.38. The lowest BCUT2D eigenvalue weighted by Crippen LogP contribution is -2.14. The third-order valence-corrected chi connectivity index (χ3v) is 4.94. The van der Waals surface area contributed by atoms with Crippen LogP contribution in [0.15, 0.2) is 35.4 Å². The molecule has 0 saturated heterocycles. The standard InChI is InChI=1S/C11H8Cl3N3O2S/c12-6-3-4-8(9(13)10(6)15)20(18,19)17-7-2-1-5-16-11(7)14/h1-5,17H,15H2. The van der Waals surface area contributed by atoms with E-state index in [2.05, 4.69) is 9.71 Å². The molecular weight excluding hydrogens is 345 g/mol. The summed E-state index contributed by atoms with van der Waals surface area (Å²) in [6, 6.07) is 5.62.